The lowest BCUT2D eigenvalue weighted by molar-refractivity contribution is 0.0219. The molecule has 0 spiro atoms. The Morgan fingerprint density at radius 1 is 1.44 bits per heavy atom. The van der Waals surface area contributed by atoms with Gasteiger partial charge in [0.05, 0.1) is 6.54 Å². The predicted octanol–water partition coefficient (Wildman–Crippen LogP) is 1.37. The third-order valence-corrected chi connectivity index (χ3v) is 4.36. The van der Waals surface area contributed by atoms with Crippen LogP contribution < -0.4 is 0 Å². The molecule has 1 aromatic rings. The van der Waals surface area contributed by atoms with Crippen LogP contribution in [-0.4, -0.2) is 51.7 Å². The maximum atomic E-state index is 4.84. The van der Waals surface area contributed by atoms with Gasteiger partial charge in [0.2, 0.25) is 6.39 Å². The molecule has 2 saturated heterocycles. The van der Waals surface area contributed by atoms with E-state index in [1.165, 1.54) is 32.3 Å². The summed E-state index contributed by atoms with van der Waals surface area (Å²) < 4.78 is 4.84. The Balaban J connectivity index is 1.72. The maximum absolute atomic E-state index is 4.84. The second kappa shape index (κ2) is 4.97. The Bertz CT molecular complexity index is 378. The first-order valence-electron chi connectivity index (χ1n) is 6.97. The molecule has 0 N–H and O–H groups in total. The molecule has 0 saturated carbocycles. The third kappa shape index (κ3) is 2.29. The molecular weight excluding hydrogens is 228 g/mol. The number of rotatable bonds is 3. The van der Waals surface area contributed by atoms with Gasteiger partial charge < -0.3 is 4.52 Å². The molecule has 2 aliphatic rings. The van der Waals surface area contributed by atoms with E-state index in [9.17, 15) is 0 Å². The Labute approximate surface area is 108 Å². The summed E-state index contributed by atoms with van der Waals surface area (Å²) in [5.41, 5.74) is 0. The fourth-order valence-electron chi connectivity index (χ4n) is 3.36. The molecule has 2 unspecified atom stereocenters. The van der Waals surface area contributed by atoms with Crippen molar-refractivity contribution in [3.8, 4) is 0 Å². The zero-order valence-corrected chi connectivity index (χ0v) is 11.2. The van der Waals surface area contributed by atoms with E-state index in [2.05, 4.69) is 33.8 Å². The average Bonchev–Trinajstić information content (AvgIpc) is 2.97. The lowest BCUT2D eigenvalue weighted by Gasteiger charge is -2.45. The summed E-state index contributed by atoms with van der Waals surface area (Å²) in [6.45, 7) is 9.07. The minimum Gasteiger partial charge on any atom is -0.343 e. The molecule has 5 heteroatoms. The number of hydrogen-bond acceptors (Lipinski definition) is 5. The molecule has 0 radical (unpaired) electrons. The molecule has 0 aliphatic carbocycles. The summed E-state index contributed by atoms with van der Waals surface area (Å²) in [6.07, 6.45) is 4.12. The molecule has 0 bridgehead atoms. The molecule has 2 atom stereocenters. The Morgan fingerprint density at radius 3 is 3.06 bits per heavy atom. The standard InChI is InChI=1S/C13H22N4O/c1-10(2)12-7-16-5-3-4-11(16)6-17(12)8-13-14-9-18-15-13/h9-12H,3-8H2,1-2H3. The molecular formula is C13H22N4O. The van der Waals surface area contributed by atoms with Gasteiger partial charge in [0.25, 0.3) is 0 Å². The van der Waals surface area contributed by atoms with E-state index in [0.717, 1.165) is 25.0 Å². The smallest absolute Gasteiger partial charge is 0.213 e. The summed E-state index contributed by atoms with van der Waals surface area (Å²) in [5, 5.41) is 3.95. The quantitative estimate of drug-likeness (QED) is 0.811. The molecule has 1 aromatic heterocycles. The fraction of sp³-hybridized carbons (Fsp3) is 0.846. The minimum absolute atomic E-state index is 0.609. The first-order chi connectivity index (χ1) is 8.74. The summed E-state index contributed by atoms with van der Waals surface area (Å²) in [5.74, 6) is 1.48. The van der Waals surface area contributed by atoms with Gasteiger partial charge in [-0.25, -0.2) is 0 Å². The number of nitrogens with zero attached hydrogens (tertiary/aromatic N) is 4. The van der Waals surface area contributed by atoms with Crippen LogP contribution in [0.2, 0.25) is 0 Å². The molecule has 0 aromatic carbocycles. The van der Waals surface area contributed by atoms with E-state index in [1.807, 2.05) is 0 Å². The van der Waals surface area contributed by atoms with Crippen molar-refractivity contribution in [1.29, 1.82) is 0 Å². The lowest BCUT2D eigenvalue weighted by atomic mass is 9.97. The van der Waals surface area contributed by atoms with Gasteiger partial charge in [-0.05, 0) is 25.3 Å². The van der Waals surface area contributed by atoms with E-state index in [1.54, 1.807) is 0 Å². The number of aromatic nitrogens is 2. The van der Waals surface area contributed by atoms with Gasteiger partial charge >= 0.3 is 0 Å². The topological polar surface area (TPSA) is 45.4 Å². The van der Waals surface area contributed by atoms with Gasteiger partial charge in [0.1, 0.15) is 0 Å². The van der Waals surface area contributed by atoms with Crippen molar-refractivity contribution in [3.05, 3.63) is 12.2 Å². The van der Waals surface area contributed by atoms with Gasteiger partial charge in [0.15, 0.2) is 5.82 Å². The van der Waals surface area contributed by atoms with Crippen molar-refractivity contribution in [2.24, 2.45) is 5.92 Å². The van der Waals surface area contributed by atoms with Crippen LogP contribution in [0, 0.1) is 5.92 Å². The highest BCUT2D eigenvalue weighted by molar-refractivity contribution is 4.95. The zero-order valence-electron chi connectivity index (χ0n) is 11.2. The van der Waals surface area contributed by atoms with Gasteiger partial charge in [-0.15, -0.1) is 0 Å². The largest absolute Gasteiger partial charge is 0.343 e. The van der Waals surface area contributed by atoms with Crippen LogP contribution in [-0.2, 0) is 6.54 Å². The van der Waals surface area contributed by atoms with Gasteiger partial charge in [-0.1, -0.05) is 19.0 Å². The van der Waals surface area contributed by atoms with Gasteiger partial charge in [-0.2, -0.15) is 4.98 Å². The van der Waals surface area contributed by atoms with Crippen molar-refractivity contribution < 1.29 is 4.52 Å². The van der Waals surface area contributed by atoms with Crippen LogP contribution in [0.1, 0.15) is 32.5 Å². The second-order valence-electron chi connectivity index (χ2n) is 5.88. The molecule has 2 fully saturated rings. The Hall–Kier alpha value is -0.940. The molecule has 0 amide bonds. The lowest BCUT2D eigenvalue weighted by Crippen LogP contribution is -2.57. The van der Waals surface area contributed by atoms with E-state index in [0.29, 0.717) is 12.0 Å². The van der Waals surface area contributed by atoms with Crippen LogP contribution in [0.15, 0.2) is 10.9 Å². The van der Waals surface area contributed by atoms with Crippen LogP contribution >= 0.6 is 0 Å². The highest BCUT2D eigenvalue weighted by Crippen LogP contribution is 2.28. The normalized spacial score (nSPS) is 29.9. The summed E-state index contributed by atoms with van der Waals surface area (Å²) in [6, 6.07) is 1.35. The molecule has 3 rings (SSSR count). The number of hydrogen-bond donors (Lipinski definition) is 0. The fourth-order valence-corrected chi connectivity index (χ4v) is 3.36. The highest BCUT2D eigenvalue weighted by atomic mass is 16.5. The first kappa shape index (κ1) is 12.1. The molecule has 18 heavy (non-hydrogen) atoms. The zero-order chi connectivity index (χ0) is 12.5. The Kier molecular flexibility index (Phi) is 3.35. The summed E-state index contributed by atoms with van der Waals surface area (Å²) in [7, 11) is 0. The number of fused-ring (bicyclic) bond motifs is 1. The molecule has 100 valence electrons. The van der Waals surface area contributed by atoms with Crippen LogP contribution in [0.3, 0.4) is 0 Å². The van der Waals surface area contributed by atoms with E-state index < -0.39 is 0 Å². The van der Waals surface area contributed by atoms with E-state index >= 15 is 0 Å². The Morgan fingerprint density at radius 2 is 2.33 bits per heavy atom. The van der Waals surface area contributed by atoms with E-state index in [-0.39, 0.29) is 0 Å². The van der Waals surface area contributed by atoms with Crippen molar-refractivity contribution in [1.82, 2.24) is 19.9 Å². The summed E-state index contributed by atoms with van der Waals surface area (Å²) >= 11 is 0. The second-order valence-corrected chi connectivity index (χ2v) is 5.88. The first-order valence-corrected chi connectivity index (χ1v) is 6.97. The van der Waals surface area contributed by atoms with Crippen LogP contribution in [0.25, 0.3) is 0 Å². The number of piperazine rings is 1. The van der Waals surface area contributed by atoms with Crippen molar-refractivity contribution >= 4 is 0 Å². The van der Waals surface area contributed by atoms with Crippen LogP contribution in [0.4, 0.5) is 0 Å². The summed E-state index contributed by atoms with van der Waals surface area (Å²) in [4.78, 5) is 9.36. The SMILES string of the molecule is CC(C)C1CN2CCCC2CN1Cc1ncon1. The predicted molar refractivity (Wildman–Crippen MR) is 67.9 cm³/mol. The minimum atomic E-state index is 0.609. The molecule has 5 nitrogen and oxygen atoms in total. The van der Waals surface area contributed by atoms with Crippen molar-refractivity contribution in [2.75, 3.05) is 19.6 Å². The third-order valence-electron chi connectivity index (χ3n) is 4.36. The highest BCUT2D eigenvalue weighted by Gasteiger charge is 2.37. The van der Waals surface area contributed by atoms with E-state index in [4.69, 9.17) is 4.52 Å². The molecule has 2 aliphatic heterocycles. The average molecular weight is 250 g/mol. The maximum Gasteiger partial charge on any atom is 0.213 e. The molecule has 3 heterocycles. The van der Waals surface area contributed by atoms with Crippen molar-refractivity contribution in [2.45, 2.75) is 45.3 Å². The van der Waals surface area contributed by atoms with Gasteiger partial charge in [0, 0.05) is 25.2 Å². The van der Waals surface area contributed by atoms with Crippen LogP contribution in [0.5, 0.6) is 0 Å². The monoisotopic (exact) mass is 250 g/mol. The van der Waals surface area contributed by atoms with Gasteiger partial charge in [-0.3, -0.25) is 9.80 Å². The van der Waals surface area contributed by atoms with Crippen molar-refractivity contribution in [3.63, 3.8) is 0 Å².